The van der Waals surface area contributed by atoms with Crippen molar-refractivity contribution in [2.45, 2.75) is 57.2 Å². The van der Waals surface area contributed by atoms with E-state index in [0.29, 0.717) is 18.2 Å². The second-order valence-corrected chi connectivity index (χ2v) is 5.65. The fraction of sp³-hybridized carbons (Fsp3) is 0.625. The van der Waals surface area contributed by atoms with Gasteiger partial charge in [-0.2, -0.15) is 0 Å². The van der Waals surface area contributed by atoms with Gasteiger partial charge in [0.2, 0.25) is 0 Å². The predicted octanol–water partition coefficient (Wildman–Crippen LogP) is 3.22. The van der Waals surface area contributed by atoms with Gasteiger partial charge in [-0.15, -0.1) is 0 Å². The lowest BCUT2D eigenvalue weighted by Crippen LogP contribution is -2.40. The average molecular weight is 245 g/mol. The fourth-order valence-corrected chi connectivity index (χ4v) is 3.35. The van der Waals surface area contributed by atoms with Gasteiger partial charge in [0.25, 0.3) is 0 Å². The lowest BCUT2D eigenvalue weighted by Gasteiger charge is -2.31. The molecule has 0 spiro atoms. The Morgan fingerprint density at radius 2 is 2.11 bits per heavy atom. The molecule has 1 aliphatic heterocycles. The third-order valence-corrected chi connectivity index (χ3v) is 4.36. The van der Waals surface area contributed by atoms with Crippen molar-refractivity contribution in [3.05, 3.63) is 35.4 Å². The molecule has 1 aromatic carbocycles. The first-order valence-electron chi connectivity index (χ1n) is 7.30. The zero-order chi connectivity index (χ0) is 12.4. The normalized spacial score (nSPS) is 28.9. The summed E-state index contributed by atoms with van der Waals surface area (Å²) in [6, 6.07) is 9.87. The van der Waals surface area contributed by atoms with Crippen LogP contribution >= 0.6 is 0 Å². The monoisotopic (exact) mass is 245 g/mol. The maximum atomic E-state index is 5.78. The molecule has 3 atom stereocenters. The van der Waals surface area contributed by atoms with E-state index in [-0.39, 0.29) is 0 Å². The van der Waals surface area contributed by atoms with Crippen LogP contribution < -0.4 is 5.32 Å². The van der Waals surface area contributed by atoms with Crippen LogP contribution in [0.5, 0.6) is 0 Å². The quantitative estimate of drug-likeness (QED) is 0.883. The van der Waals surface area contributed by atoms with E-state index in [1.54, 1.807) is 0 Å². The maximum Gasteiger partial charge on any atom is 0.0726 e. The smallest absolute Gasteiger partial charge is 0.0726 e. The molecule has 1 aliphatic carbocycles. The van der Waals surface area contributed by atoms with Gasteiger partial charge in [0.1, 0.15) is 0 Å². The van der Waals surface area contributed by atoms with Gasteiger partial charge < -0.3 is 10.1 Å². The van der Waals surface area contributed by atoms with Crippen LogP contribution in [0, 0.1) is 0 Å². The van der Waals surface area contributed by atoms with Crippen molar-refractivity contribution in [2.24, 2.45) is 0 Å². The molecule has 2 heteroatoms. The largest absolute Gasteiger partial charge is 0.377 e. The van der Waals surface area contributed by atoms with Crippen LogP contribution in [0.4, 0.5) is 0 Å². The van der Waals surface area contributed by atoms with Gasteiger partial charge in [0, 0.05) is 18.7 Å². The molecule has 0 radical (unpaired) electrons. The topological polar surface area (TPSA) is 21.3 Å². The number of hydrogen-bond acceptors (Lipinski definition) is 2. The van der Waals surface area contributed by atoms with Crippen LogP contribution in [-0.2, 0) is 11.2 Å². The van der Waals surface area contributed by atoms with Crippen molar-refractivity contribution in [2.75, 3.05) is 6.61 Å². The van der Waals surface area contributed by atoms with Crippen LogP contribution in [0.2, 0.25) is 0 Å². The molecule has 3 rings (SSSR count). The zero-order valence-electron chi connectivity index (χ0n) is 11.2. The molecule has 2 nitrogen and oxygen atoms in total. The molecular formula is C16H23NO. The summed E-state index contributed by atoms with van der Waals surface area (Å²) in [4.78, 5) is 0. The molecule has 1 aromatic rings. The summed E-state index contributed by atoms with van der Waals surface area (Å²) in [5, 5.41) is 3.79. The van der Waals surface area contributed by atoms with Gasteiger partial charge in [0.05, 0.1) is 6.10 Å². The number of nitrogens with one attached hydrogen (secondary N) is 1. The maximum absolute atomic E-state index is 5.78. The number of rotatable bonds is 3. The molecule has 0 amide bonds. The molecule has 0 aromatic heterocycles. The van der Waals surface area contributed by atoms with Gasteiger partial charge in [-0.3, -0.25) is 0 Å². The Morgan fingerprint density at radius 1 is 1.22 bits per heavy atom. The first-order chi connectivity index (χ1) is 8.84. The molecule has 0 bridgehead atoms. The van der Waals surface area contributed by atoms with E-state index in [4.69, 9.17) is 4.74 Å². The number of ether oxygens (including phenoxy) is 1. The summed E-state index contributed by atoms with van der Waals surface area (Å²) >= 11 is 0. The third kappa shape index (κ3) is 2.45. The zero-order valence-corrected chi connectivity index (χ0v) is 11.2. The minimum absolute atomic E-state index is 0.416. The van der Waals surface area contributed by atoms with E-state index in [2.05, 4.69) is 36.5 Å². The van der Waals surface area contributed by atoms with Gasteiger partial charge >= 0.3 is 0 Å². The molecule has 1 fully saturated rings. The van der Waals surface area contributed by atoms with Crippen LogP contribution in [0.15, 0.2) is 24.3 Å². The third-order valence-electron chi connectivity index (χ3n) is 4.36. The highest BCUT2D eigenvalue weighted by atomic mass is 16.5. The van der Waals surface area contributed by atoms with Gasteiger partial charge in [-0.25, -0.2) is 0 Å². The summed E-state index contributed by atoms with van der Waals surface area (Å²) in [5.74, 6) is 0. The Balaban J connectivity index is 1.70. The van der Waals surface area contributed by atoms with E-state index in [1.807, 2.05) is 0 Å². The van der Waals surface area contributed by atoms with Crippen LogP contribution in [0.3, 0.4) is 0 Å². The van der Waals surface area contributed by atoms with Gasteiger partial charge in [-0.1, -0.05) is 24.3 Å². The highest BCUT2D eigenvalue weighted by molar-refractivity contribution is 5.32. The summed E-state index contributed by atoms with van der Waals surface area (Å²) in [7, 11) is 0. The lowest BCUT2D eigenvalue weighted by atomic mass is 9.87. The summed E-state index contributed by atoms with van der Waals surface area (Å²) in [6.07, 6.45) is 6.64. The van der Waals surface area contributed by atoms with Crippen molar-refractivity contribution in [3.63, 3.8) is 0 Å². The Labute approximate surface area is 110 Å². The summed E-state index contributed by atoms with van der Waals surface area (Å²) in [5.41, 5.74) is 3.04. The lowest BCUT2D eigenvalue weighted by molar-refractivity contribution is 0.0787. The Bertz CT molecular complexity index is 398. The Morgan fingerprint density at radius 3 is 2.94 bits per heavy atom. The molecule has 18 heavy (non-hydrogen) atoms. The summed E-state index contributed by atoms with van der Waals surface area (Å²) in [6.45, 7) is 3.21. The van der Waals surface area contributed by atoms with Crippen LogP contribution in [-0.4, -0.2) is 18.8 Å². The average Bonchev–Trinajstić information content (AvgIpc) is 2.93. The number of fused-ring (bicyclic) bond motifs is 1. The second kappa shape index (κ2) is 5.41. The van der Waals surface area contributed by atoms with Crippen molar-refractivity contribution in [3.8, 4) is 0 Å². The fourth-order valence-electron chi connectivity index (χ4n) is 3.35. The van der Waals surface area contributed by atoms with Crippen molar-refractivity contribution in [1.82, 2.24) is 5.32 Å². The molecule has 1 heterocycles. The first kappa shape index (κ1) is 12.2. The Hall–Kier alpha value is -0.860. The molecule has 98 valence electrons. The van der Waals surface area contributed by atoms with Gasteiger partial charge in [-0.05, 0) is 50.2 Å². The van der Waals surface area contributed by atoms with Crippen molar-refractivity contribution < 1.29 is 4.74 Å². The van der Waals surface area contributed by atoms with Crippen LogP contribution in [0.1, 0.15) is 49.8 Å². The van der Waals surface area contributed by atoms with E-state index >= 15 is 0 Å². The highest BCUT2D eigenvalue weighted by Crippen LogP contribution is 2.30. The second-order valence-electron chi connectivity index (χ2n) is 5.65. The molecule has 1 saturated heterocycles. The molecule has 0 saturated carbocycles. The first-order valence-corrected chi connectivity index (χ1v) is 7.30. The number of aryl methyl sites for hydroxylation is 1. The van der Waals surface area contributed by atoms with E-state index in [1.165, 1.54) is 43.2 Å². The standard InChI is InChI=1S/C16H23NO/c1-12(16-10-5-11-18-16)17-15-9-4-7-13-6-2-3-8-14(13)15/h2-3,6,8,12,15-17H,4-5,7,9-11H2,1H3. The Kier molecular flexibility index (Phi) is 3.67. The molecule has 2 aliphatic rings. The van der Waals surface area contributed by atoms with E-state index in [0.717, 1.165) is 6.61 Å². The predicted molar refractivity (Wildman–Crippen MR) is 73.7 cm³/mol. The minimum atomic E-state index is 0.416. The van der Waals surface area contributed by atoms with E-state index < -0.39 is 0 Å². The molecule has 3 unspecified atom stereocenters. The van der Waals surface area contributed by atoms with Crippen molar-refractivity contribution >= 4 is 0 Å². The molecular weight excluding hydrogens is 222 g/mol. The summed E-state index contributed by atoms with van der Waals surface area (Å²) < 4.78 is 5.78. The number of benzene rings is 1. The van der Waals surface area contributed by atoms with Crippen LogP contribution in [0.25, 0.3) is 0 Å². The minimum Gasteiger partial charge on any atom is -0.377 e. The SMILES string of the molecule is CC(NC1CCCc2ccccc21)C1CCCO1. The van der Waals surface area contributed by atoms with Crippen molar-refractivity contribution in [1.29, 1.82) is 0 Å². The molecule has 1 N–H and O–H groups in total. The highest BCUT2D eigenvalue weighted by Gasteiger charge is 2.26. The van der Waals surface area contributed by atoms with Gasteiger partial charge in [0.15, 0.2) is 0 Å². The van der Waals surface area contributed by atoms with E-state index in [9.17, 15) is 0 Å². The number of hydrogen-bond donors (Lipinski definition) is 1.